The van der Waals surface area contributed by atoms with Crippen molar-refractivity contribution in [1.29, 1.82) is 0 Å². The minimum absolute atomic E-state index is 0.0958. The van der Waals surface area contributed by atoms with E-state index in [9.17, 15) is 5.11 Å². The van der Waals surface area contributed by atoms with Crippen molar-refractivity contribution in [3.05, 3.63) is 42.2 Å². The molecule has 0 spiro atoms. The summed E-state index contributed by atoms with van der Waals surface area (Å²) >= 11 is 0. The summed E-state index contributed by atoms with van der Waals surface area (Å²) in [5.74, 6) is 0.748. The minimum Gasteiger partial charge on any atom is -0.505 e. The van der Waals surface area contributed by atoms with Crippen LogP contribution in [-0.4, -0.2) is 15.1 Å². The average Bonchev–Trinajstić information content (AvgIpc) is 2.52. The first-order valence-electron chi connectivity index (χ1n) is 7.90. The summed E-state index contributed by atoms with van der Waals surface area (Å²) in [5.41, 5.74) is 2.36. The molecule has 3 heteroatoms. The molecule has 112 valence electrons. The van der Waals surface area contributed by atoms with Crippen LogP contribution in [0.4, 0.5) is 0 Å². The Morgan fingerprint density at radius 3 is 2.14 bits per heavy atom. The van der Waals surface area contributed by atoms with Crippen LogP contribution in [-0.2, 0) is 6.42 Å². The van der Waals surface area contributed by atoms with Gasteiger partial charge in [-0.3, -0.25) is 0 Å². The zero-order valence-electron chi connectivity index (χ0n) is 12.8. The van der Waals surface area contributed by atoms with E-state index in [-0.39, 0.29) is 5.75 Å². The van der Waals surface area contributed by atoms with Gasteiger partial charge in [0.1, 0.15) is 0 Å². The minimum atomic E-state index is 0.0958. The standard InChI is InChI=1S/C18H24N2O/c1-2-3-4-5-6-7-8-15-9-11-16(12-10-15)18-19-13-17(21)14-20-18/h9-14,21H,2-8H2,1H3. The molecule has 0 saturated carbocycles. The third-order valence-corrected chi connectivity index (χ3v) is 3.67. The Labute approximate surface area is 127 Å². The van der Waals surface area contributed by atoms with Crippen molar-refractivity contribution in [2.75, 3.05) is 0 Å². The summed E-state index contributed by atoms with van der Waals surface area (Å²) in [6.45, 7) is 2.25. The third kappa shape index (κ3) is 5.18. The molecule has 1 aromatic carbocycles. The maximum absolute atomic E-state index is 9.20. The van der Waals surface area contributed by atoms with Crippen molar-refractivity contribution in [1.82, 2.24) is 9.97 Å². The van der Waals surface area contributed by atoms with Crippen molar-refractivity contribution in [2.24, 2.45) is 0 Å². The van der Waals surface area contributed by atoms with Crippen molar-refractivity contribution in [3.8, 4) is 17.1 Å². The molecule has 1 N–H and O–H groups in total. The van der Waals surface area contributed by atoms with Crippen LogP contribution >= 0.6 is 0 Å². The Morgan fingerprint density at radius 2 is 1.48 bits per heavy atom. The number of rotatable bonds is 8. The van der Waals surface area contributed by atoms with Crippen molar-refractivity contribution in [3.63, 3.8) is 0 Å². The SMILES string of the molecule is CCCCCCCCc1ccc(-c2ncc(O)cn2)cc1. The predicted molar refractivity (Wildman–Crippen MR) is 86.2 cm³/mol. The average molecular weight is 284 g/mol. The lowest BCUT2D eigenvalue weighted by Gasteiger charge is -2.04. The molecule has 0 saturated heterocycles. The molecular formula is C18H24N2O. The van der Waals surface area contributed by atoms with Crippen LogP contribution in [0.2, 0.25) is 0 Å². The Bertz CT molecular complexity index is 520. The van der Waals surface area contributed by atoms with Gasteiger partial charge < -0.3 is 5.11 Å². The Kier molecular flexibility index (Phi) is 6.20. The number of benzene rings is 1. The van der Waals surface area contributed by atoms with Gasteiger partial charge in [0.25, 0.3) is 0 Å². The molecule has 0 aliphatic heterocycles. The molecule has 0 atom stereocenters. The molecule has 0 bridgehead atoms. The van der Waals surface area contributed by atoms with Crippen LogP contribution < -0.4 is 0 Å². The lowest BCUT2D eigenvalue weighted by atomic mass is 10.0. The van der Waals surface area contributed by atoms with Gasteiger partial charge in [-0.25, -0.2) is 9.97 Å². The van der Waals surface area contributed by atoms with Gasteiger partial charge in [-0.15, -0.1) is 0 Å². The fourth-order valence-corrected chi connectivity index (χ4v) is 2.40. The van der Waals surface area contributed by atoms with Gasteiger partial charge in [-0.05, 0) is 18.4 Å². The topological polar surface area (TPSA) is 46.0 Å². The highest BCUT2D eigenvalue weighted by Gasteiger charge is 2.01. The number of aryl methyl sites for hydroxylation is 1. The second-order valence-corrected chi connectivity index (χ2v) is 5.48. The zero-order chi connectivity index (χ0) is 14.9. The van der Waals surface area contributed by atoms with E-state index in [4.69, 9.17) is 0 Å². The Hall–Kier alpha value is -1.90. The van der Waals surface area contributed by atoms with Crippen molar-refractivity contribution in [2.45, 2.75) is 51.9 Å². The molecule has 21 heavy (non-hydrogen) atoms. The monoisotopic (exact) mass is 284 g/mol. The fourth-order valence-electron chi connectivity index (χ4n) is 2.40. The predicted octanol–water partition coefficient (Wildman–Crippen LogP) is 4.75. The van der Waals surface area contributed by atoms with Crippen LogP contribution in [0.5, 0.6) is 5.75 Å². The van der Waals surface area contributed by atoms with Gasteiger partial charge in [0.05, 0.1) is 12.4 Å². The van der Waals surface area contributed by atoms with Gasteiger partial charge in [0.15, 0.2) is 11.6 Å². The van der Waals surface area contributed by atoms with Gasteiger partial charge in [-0.2, -0.15) is 0 Å². The highest BCUT2D eigenvalue weighted by molar-refractivity contribution is 5.55. The molecule has 2 aromatic rings. The van der Waals surface area contributed by atoms with E-state index in [0.717, 1.165) is 12.0 Å². The van der Waals surface area contributed by atoms with Gasteiger partial charge in [0, 0.05) is 5.56 Å². The van der Waals surface area contributed by atoms with Gasteiger partial charge >= 0.3 is 0 Å². The molecular weight excluding hydrogens is 260 g/mol. The number of hydrogen-bond acceptors (Lipinski definition) is 3. The number of aromatic hydroxyl groups is 1. The lowest BCUT2D eigenvalue weighted by molar-refractivity contribution is 0.470. The van der Waals surface area contributed by atoms with Gasteiger partial charge in [-0.1, -0.05) is 63.3 Å². The van der Waals surface area contributed by atoms with Crippen LogP contribution in [0.25, 0.3) is 11.4 Å². The quantitative estimate of drug-likeness (QED) is 0.711. The van der Waals surface area contributed by atoms with E-state index in [1.54, 1.807) is 0 Å². The maximum atomic E-state index is 9.20. The molecule has 0 aliphatic carbocycles. The first-order valence-corrected chi connectivity index (χ1v) is 7.90. The molecule has 0 aliphatic rings. The van der Waals surface area contributed by atoms with Crippen LogP contribution in [0.15, 0.2) is 36.7 Å². The normalized spacial score (nSPS) is 10.7. The fraction of sp³-hybridized carbons (Fsp3) is 0.444. The molecule has 0 radical (unpaired) electrons. The Balaban J connectivity index is 1.80. The summed E-state index contributed by atoms with van der Waals surface area (Å²) in [5, 5.41) is 9.20. The third-order valence-electron chi connectivity index (χ3n) is 3.67. The summed E-state index contributed by atoms with van der Waals surface area (Å²) in [6.07, 6.45) is 12.0. The lowest BCUT2D eigenvalue weighted by Crippen LogP contribution is -1.90. The molecule has 0 fully saturated rings. The number of hydrogen-bond donors (Lipinski definition) is 1. The first-order chi connectivity index (χ1) is 10.3. The highest BCUT2D eigenvalue weighted by Crippen LogP contribution is 2.18. The zero-order valence-corrected chi connectivity index (χ0v) is 12.8. The molecule has 2 rings (SSSR count). The van der Waals surface area contributed by atoms with E-state index in [2.05, 4.69) is 41.2 Å². The molecule has 1 aromatic heterocycles. The maximum Gasteiger partial charge on any atom is 0.159 e. The van der Waals surface area contributed by atoms with Crippen LogP contribution in [0.1, 0.15) is 51.0 Å². The van der Waals surface area contributed by atoms with Gasteiger partial charge in [0.2, 0.25) is 0 Å². The summed E-state index contributed by atoms with van der Waals surface area (Å²) < 4.78 is 0. The van der Waals surface area contributed by atoms with Crippen molar-refractivity contribution < 1.29 is 5.11 Å². The smallest absolute Gasteiger partial charge is 0.159 e. The molecule has 0 unspecified atom stereocenters. The second kappa shape index (κ2) is 8.40. The number of aromatic nitrogens is 2. The Morgan fingerprint density at radius 1 is 0.857 bits per heavy atom. The van der Waals surface area contributed by atoms with Crippen molar-refractivity contribution >= 4 is 0 Å². The summed E-state index contributed by atoms with van der Waals surface area (Å²) in [4.78, 5) is 8.24. The molecule has 3 nitrogen and oxygen atoms in total. The molecule has 1 heterocycles. The molecule has 0 amide bonds. The summed E-state index contributed by atoms with van der Waals surface area (Å²) in [6, 6.07) is 8.41. The van der Waals surface area contributed by atoms with Crippen LogP contribution in [0, 0.1) is 0 Å². The van der Waals surface area contributed by atoms with E-state index in [0.29, 0.717) is 5.82 Å². The number of unbranched alkanes of at least 4 members (excludes halogenated alkanes) is 5. The van der Waals surface area contributed by atoms with Crippen LogP contribution in [0.3, 0.4) is 0 Å². The largest absolute Gasteiger partial charge is 0.505 e. The highest BCUT2D eigenvalue weighted by atomic mass is 16.3. The van der Waals surface area contributed by atoms with E-state index >= 15 is 0 Å². The summed E-state index contributed by atoms with van der Waals surface area (Å²) in [7, 11) is 0. The van der Waals surface area contributed by atoms with E-state index < -0.39 is 0 Å². The van der Waals surface area contributed by atoms with E-state index in [1.807, 2.05) is 0 Å². The van der Waals surface area contributed by atoms with E-state index in [1.165, 1.54) is 56.5 Å². The first kappa shape index (κ1) is 15.5. The number of nitrogens with zero attached hydrogens (tertiary/aromatic N) is 2. The second-order valence-electron chi connectivity index (χ2n) is 5.48.